The van der Waals surface area contributed by atoms with E-state index in [2.05, 4.69) is 25.9 Å². The van der Waals surface area contributed by atoms with E-state index in [4.69, 9.17) is 0 Å². The highest BCUT2D eigenvalue weighted by Gasteiger charge is 2.44. The molecule has 0 spiro atoms. The molecule has 2 atom stereocenters. The van der Waals surface area contributed by atoms with Gasteiger partial charge in [0.25, 0.3) is 4.74 Å². The molecule has 0 aromatic carbocycles. The van der Waals surface area contributed by atoms with E-state index in [0.717, 1.165) is 35.4 Å². The zero-order chi connectivity index (χ0) is 14.3. The molecule has 0 aliphatic carbocycles. The summed E-state index contributed by atoms with van der Waals surface area (Å²) in [7, 11) is 1.99. The molecular formula is C13H15BrN4O2. The molecule has 106 valence electrons. The minimum atomic E-state index is -1.13. The average molecular weight is 339 g/mol. The predicted octanol–water partition coefficient (Wildman–Crippen LogP) is 1.16. The summed E-state index contributed by atoms with van der Waals surface area (Å²) >= 11 is 3.49. The average Bonchev–Trinajstić information content (AvgIpc) is 2.71. The SMILES string of the molecule is C[N+]12C=CN=CC1=C(C1CCCCN1C(=O)[O-])N=C2Br. The van der Waals surface area contributed by atoms with Crippen LogP contribution in [0.4, 0.5) is 4.79 Å². The number of nitrogens with zero attached hydrogens (tertiary/aromatic N) is 4. The highest BCUT2D eigenvalue weighted by atomic mass is 79.9. The Bertz CT molecular complexity index is 581. The number of carbonyl (C=O) groups excluding carboxylic acids is 1. The lowest BCUT2D eigenvalue weighted by Crippen LogP contribution is -2.50. The van der Waals surface area contributed by atoms with Crippen molar-refractivity contribution in [2.45, 2.75) is 25.3 Å². The van der Waals surface area contributed by atoms with Gasteiger partial charge in [0, 0.05) is 22.5 Å². The molecule has 3 aliphatic rings. The lowest BCUT2D eigenvalue weighted by molar-refractivity contribution is -0.709. The minimum Gasteiger partial charge on any atom is -0.530 e. The van der Waals surface area contributed by atoms with Crippen molar-refractivity contribution in [3.05, 3.63) is 23.8 Å². The van der Waals surface area contributed by atoms with Crippen LogP contribution in [0.2, 0.25) is 0 Å². The smallest absolute Gasteiger partial charge is 0.281 e. The summed E-state index contributed by atoms with van der Waals surface area (Å²) in [5.41, 5.74) is 1.69. The van der Waals surface area contributed by atoms with Gasteiger partial charge in [-0.25, -0.2) is 4.48 Å². The number of carboxylic acid groups (broad SMARTS) is 1. The van der Waals surface area contributed by atoms with Crippen LogP contribution in [0.15, 0.2) is 33.8 Å². The number of quaternary nitrogens is 1. The van der Waals surface area contributed by atoms with E-state index in [1.807, 2.05) is 13.2 Å². The number of likely N-dealkylation sites (tertiary alicyclic amines) is 1. The van der Waals surface area contributed by atoms with Crippen LogP contribution in [0, 0.1) is 0 Å². The molecule has 3 heterocycles. The van der Waals surface area contributed by atoms with Crippen LogP contribution in [0.1, 0.15) is 19.3 Å². The molecule has 0 aromatic rings. The third-order valence-corrected chi connectivity index (χ3v) is 4.97. The summed E-state index contributed by atoms with van der Waals surface area (Å²) in [6.45, 7) is 0.508. The summed E-state index contributed by atoms with van der Waals surface area (Å²) in [5, 5.41) is 11.3. The summed E-state index contributed by atoms with van der Waals surface area (Å²) in [5.74, 6) is 0. The Labute approximate surface area is 125 Å². The van der Waals surface area contributed by atoms with Gasteiger partial charge < -0.3 is 14.8 Å². The van der Waals surface area contributed by atoms with Crippen molar-refractivity contribution in [3.63, 3.8) is 0 Å². The van der Waals surface area contributed by atoms with Crippen LogP contribution < -0.4 is 5.11 Å². The lowest BCUT2D eigenvalue weighted by atomic mass is 9.98. The fourth-order valence-electron chi connectivity index (χ4n) is 2.89. The predicted molar refractivity (Wildman–Crippen MR) is 76.9 cm³/mol. The molecule has 3 aliphatic heterocycles. The first-order valence-corrected chi connectivity index (χ1v) is 7.37. The molecule has 3 rings (SSSR count). The van der Waals surface area contributed by atoms with E-state index in [9.17, 15) is 9.90 Å². The van der Waals surface area contributed by atoms with Crippen LogP contribution in [0.25, 0.3) is 0 Å². The van der Waals surface area contributed by atoms with Crippen molar-refractivity contribution in [2.75, 3.05) is 13.6 Å². The standard InChI is InChI=1S/C13H15BrN4O2/c1-18-7-5-15-8-10(18)11(16-12(18)14)9-4-2-3-6-17(9)13(19)20/h5,7-9H,2-4,6H2,1H3. The molecule has 0 saturated carbocycles. The first kappa shape index (κ1) is 13.5. The molecule has 0 N–H and O–H groups in total. The van der Waals surface area contributed by atoms with E-state index < -0.39 is 6.09 Å². The van der Waals surface area contributed by atoms with Crippen LogP contribution in [0.3, 0.4) is 0 Å². The number of piperidine rings is 1. The topological polar surface area (TPSA) is 68.1 Å². The Balaban J connectivity index is 2.04. The third kappa shape index (κ3) is 1.92. The van der Waals surface area contributed by atoms with Crippen molar-refractivity contribution >= 4 is 33.0 Å². The second kappa shape index (κ2) is 4.82. The second-order valence-corrected chi connectivity index (χ2v) is 5.98. The van der Waals surface area contributed by atoms with E-state index in [-0.39, 0.29) is 6.04 Å². The molecule has 2 unspecified atom stereocenters. The van der Waals surface area contributed by atoms with Gasteiger partial charge in [-0.3, -0.25) is 4.99 Å². The van der Waals surface area contributed by atoms with Gasteiger partial charge >= 0.3 is 0 Å². The fraction of sp³-hybridized carbons (Fsp3) is 0.462. The zero-order valence-corrected chi connectivity index (χ0v) is 12.7. The number of fused-ring (bicyclic) bond motifs is 1. The van der Waals surface area contributed by atoms with Gasteiger partial charge in [0.05, 0.1) is 25.5 Å². The molecule has 0 bridgehead atoms. The monoisotopic (exact) mass is 338 g/mol. The number of hydrogen-bond acceptors (Lipinski definition) is 4. The molecule has 0 aromatic heterocycles. The quantitative estimate of drug-likeness (QED) is 0.531. The molecule has 1 amide bonds. The first-order valence-electron chi connectivity index (χ1n) is 6.58. The maximum absolute atomic E-state index is 11.3. The number of rotatable bonds is 1. The molecule has 1 saturated heterocycles. The van der Waals surface area contributed by atoms with E-state index in [0.29, 0.717) is 11.0 Å². The van der Waals surface area contributed by atoms with Gasteiger partial charge in [0.15, 0.2) is 5.70 Å². The molecule has 20 heavy (non-hydrogen) atoms. The molecule has 0 radical (unpaired) electrons. The number of hydrogen-bond donors (Lipinski definition) is 0. The van der Waals surface area contributed by atoms with Gasteiger partial charge in [0.1, 0.15) is 18.0 Å². The molecular weight excluding hydrogens is 324 g/mol. The highest BCUT2D eigenvalue weighted by Crippen LogP contribution is 2.37. The summed E-state index contributed by atoms with van der Waals surface area (Å²) in [6.07, 6.45) is 6.91. The summed E-state index contributed by atoms with van der Waals surface area (Å²) in [6, 6.07) is -0.241. The maximum Gasteiger partial charge on any atom is 0.281 e. The normalized spacial score (nSPS) is 32.4. The van der Waals surface area contributed by atoms with Gasteiger partial charge in [-0.1, -0.05) is 0 Å². The number of halogens is 1. The van der Waals surface area contributed by atoms with Crippen molar-refractivity contribution in [1.82, 2.24) is 4.90 Å². The Morgan fingerprint density at radius 1 is 1.55 bits per heavy atom. The van der Waals surface area contributed by atoms with Crippen molar-refractivity contribution < 1.29 is 14.4 Å². The number of allylic oxidation sites excluding steroid dienone is 1. The maximum atomic E-state index is 11.3. The molecule has 6 nitrogen and oxygen atoms in total. The highest BCUT2D eigenvalue weighted by molar-refractivity contribution is 9.18. The first-order chi connectivity index (χ1) is 9.54. The number of amides is 1. The Morgan fingerprint density at radius 3 is 3.10 bits per heavy atom. The third-order valence-electron chi connectivity index (χ3n) is 4.06. The van der Waals surface area contributed by atoms with Gasteiger partial charge in [0.2, 0.25) is 0 Å². The lowest BCUT2D eigenvalue weighted by Gasteiger charge is -2.37. The van der Waals surface area contributed by atoms with E-state index >= 15 is 0 Å². The Hall–Kier alpha value is -1.47. The summed E-state index contributed by atoms with van der Waals surface area (Å²) < 4.78 is 1.14. The number of amidine groups is 1. The van der Waals surface area contributed by atoms with Crippen molar-refractivity contribution in [2.24, 2.45) is 9.98 Å². The van der Waals surface area contributed by atoms with Gasteiger partial charge in [-0.05, 0) is 19.3 Å². The number of aliphatic imine (C=N–C) groups is 2. The van der Waals surface area contributed by atoms with Gasteiger partial charge in [-0.2, -0.15) is 4.99 Å². The van der Waals surface area contributed by atoms with Crippen LogP contribution in [-0.4, -0.2) is 46.1 Å². The number of carbonyl (C=O) groups is 1. The van der Waals surface area contributed by atoms with Gasteiger partial charge in [-0.15, -0.1) is 0 Å². The van der Waals surface area contributed by atoms with Crippen molar-refractivity contribution in [1.29, 1.82) is 0 Å². The van der Waals surface area contributed by atoms with Crippen LogP contribution in [0.5, 0.6) is 0 Å². The van der Waals surface area contributed by atoms with Crippen LogP contribution in [-0.2, 0) is 0 Å². The molecule has 7 heteroatoms. The van der Waals surface area contributed by atoms with Crippen LogP contribution >= 0.6 is 15.9 Å². The molecule has 1 fully saturated rings. The van der Waals surface area contributed by atoms with Crippen molar-refractivity contribution in [3.8, 4) is 0 Å². The zero-order valence-electron chi connectivity index (χ0n) is 11.1. The Morgan fingerprint density at radius 2 is 2.35 bits per heavy atom. The summed E-state index contributed by atoms with van der Waals surface area (Å²) in [4.78, 5) is 21.4. The minimum absolute atomic E-state index is 0.241. The van der Waals surface area contributed by atoms with E-state index in [1.165, 1.54) is 4.90 Å². The Kier molecular flexibility index (Phi) is 3.25. The second-order valence-electron chi connectivity index (χ2n) is 5.27. The largest absolute Gasteiger partial charge is 0.530 e. The fourth-order valence-corrected chi connectivity index (χ4v) is 3.39. The van der Waals surface area contributed by atoms with E-state index in [1.54, 1.807) is 12.4 Å².